The molecule has 1 aliphatic heterocycles. The van der Waals surface area contributed by atoms with Gasteiger partial charge in [0.1, 0.15) is 0 Å². The normalized spacial score (nSPS) is 21.9. The lowest BCUT2D eigenvalue weighted by Crippen LogP contribution is -2.43. The standard InChI is InChI=1S/C18H29NO2.ClH/c1-3-18(16-10-5-4-6-11-16)21-14-17(20)13-19-12-8-7-9-15(19)2;/h4-6,10-11,15,17-18,20H,3,7-9,12-14H2,1-2H3;1H. The summed E-state index contributed by atoms with van der Waals surface area (Å²) in [6.07, 6.45) is 4.42. The van der Waals surface area contributed by atoms with Gasteiger partial charge in [-0.2, -0.15) is 0 Å². The van der Waals surface area contributed by atoms with Crippen LogP contribution in [0, 0.1) is 0 Å². The van der Waals surface area contributed by atoms with Crippen LogP contribution in [0.4, 0.5) is 0 Å². The maximum atomic E-state index is 10.2. The number of benzene rings is 1. The van der Waals surface area contributed by atoms with Gasteiger partial charge in [0.25, 0.3) is 0 Å². The number of aliphatic hydroxyl groups is 1. The molecule has 22 heavy (non-hydrogen) atoms. The average Bonchev–Trinajstić information content (AvgIpc) is 2.51. The van der Waals surface area contributed by atoms with E-state index in [9.17, 15) is 5.11 Å². The molecule has 126 valence electrons. The summed E-state index contributed by atoms with van der Waals surface area (Å²) < 4.78 is 5.94. The predicted molar refractivity (Wildman–Crippen MR) is 93.6 cm³/mol. The second kappa shape index (κ2) is 10.2. The van der Waals surface area contributed by atoms with Crippen molar-refractivity contribution < 1.29 is 9.84 Å². The van der Waals surface area contributed by atoms with Crippen molar-refractivity contribution in [2.45, 2.75) is 57.8 Å². The maximum absolute atomic E-state index is 10.2. The molecule has 3 nitrogen and oxygen atoms in total. The molecule has 0 saturated carbocycles. The summed E-state index contributed by atoms with van der Waals surface area (Å²) in [6, 6.07) is 10.9. The first-order chi connectivity index (χ1) is 10.2. The van der Waals surface area contributed by atoms with Gasteiger partial charge in [-0.1, -0.05) is 43.7 Å². The highest BCUT2D eigenvalue weighted by atomic mass is 35.5. The molecule has 3 unspecified atom stereocenters. The molecule has 0 radical (unpaired) electrons. The highest BCUT2D eigenvalue weighted by Crippen LogP contribution is 2.21. The Kier molecular flexibility index (Phi) is 9.03. The first-order valence-corrected chi connectivity index (χ1v) is 8.29. The molecule has 3 atom stereocenters. The van der Waals surface area contributed by atoms with Gasteiger partial charge in [-0.3, -0.25) is 4.90 Å². The molecule has 1 aromatic carbocycles. The SMILES string of the molecule is CCC(OCC(O)CN1CCCCC1C)c1ccccc1.Cl. The van der Waals surface area contributed by atoms with Gasteiger partial charge in [-0.15, -0.1) is 12.4 Å². The molecule has 1 heterocycles. The molecule has 0 aliphatic carbocycles. The van der Waals surface area contributed by atoms with E-state index in [1.807, 2.05) is 18.2 Å². The van der Waals surface area contributed by atoms with E-state index in [0.717, 1.165) is 19.5 Å². The van der Waals surface area contributed by atoms with Gasteiger partial charge in [0.15, 0.2) is 0 Å². The monoisotopic (exact) mass is 327 g/mol. The zero-order chi connectivity index (χ0) is 15.1. The van der Waals surface area contributed by atoms with Crippen molar-refractivity contribution in [3.63, 3.8) is 0 Å². The molecule has 0 aromatic heterocycles. The molecule has 4 heteroatoms. The van der Waals surface area contributed by atoms with Gasteiger partial charge in [0, 0.05) is 12.6 Å². The largest absolute Gasteiger partial charge is 0.389 e. The van der Waals surface area contributed by atoms with Crippen molar-refractivity contribution in [2.24, 2.45) is 0 Å². The quantitative estimate of drug-likeness (QED) is 0.826. The third-order valence-electron chi connectivity index (χ3n) is 4.42. The third-order valence-corrected chi connectivity index (χ3v) is 4.42. The smallest absolute Gasteiger partial charge is 0.0900 e. The summed E-state index contributed by atoms with van der Waals surface area (Å²) in [4.78, 5) is 2.39. The summed E-state index contributed by atoms with van der Waals surface area (Å²) in [5.74, 6) is 0. The van der Waals surface area contributed by atoms with Gasteiger partial charge >= 0.3 is 0 Å². The minimum Gasteiger partial charge on any atom is -0.389 e. The second-order valence-electron chi connectivity index (χ2n) is 6.13. The minimum absolute atomic E-state index is 0. The maximum Gasteiger partial charge on any atom is 0.0900 e. The van der Waals surface area contributed by atoms with Crippen LogP contribution in [0.2, 0.25) is 0 Å². The second-order valence-corrected chi connectivity index (χ2v) is 6.13. The Morgan fingerprint density at radius 3 is 2.64 bits per heavy atom. The van der Waals surface area contributed by atoms with Crippen LogP contribution in [0.15, 0.2) is 30.3 Å². The number of piperidine rings is 1. The Morgan fingerprint density at radius 2 is 2.00 bits per heavy atom. The number of aliphatic hydroxyl groups excluding tert-OH is 1. The average molecular weight is 328 g/mol. The van der Waals surface area contributed by atoms with Crippen LogP contribution in [0.5, 0.6) is 0 Å². The number of hydrogen-bond donors (Lipinski definition) is 1. The van der Waals surface area contributed by atoms with Gasteiger partial charge in [0.05, 0.1) is 18.8 Å². The van der Waals surface area contributed by atoms with Crippen molar-refractivity contribution in [1.29, 1.82) is 0 Å². The van der Waals surface area contributed by atoms with E-state index in [-0.39, 0.29) is 18.5 Å². The Hall–Kier alpha value is -0.610. The van der Waals surface area contributed by atoms with E-state index in [1.54, 1.807) is 0 Å². The van der Waals surface area contributed by atoms with E-state index in [2.05, 4.69) is 30.9 Å². The summed E-state index contributed by atoms with van der Waals surface area (Å²) in [7, 11) is 0. The zero-order valence-electron chi connectivity index (χ0n) is 13.8. The molecule has 1 fully saturated rings. The number of rotatable bonds is 7. The van der Waals surface area contributed by atoms with Gasteiger partial charge in [0.2, 0.25) is 0 Å². The summed E-state index contributed by atoms with van der Waals surface area (Å²) in [6.45, 7) is 6.62. The number of ether oxygens (including phenoxy) is 1. The van der Waals surface area contributed by atoms with Crippen molar-refractivity contribution >= 4 is 12.4 Å². The van der Waals surface area contributed by atoms with E-state index < -0.39 is 6.10 Å². The fourth-order valence-corrected chi connectivity index (χ4v) is 3.10. The molecule has 1 saturated heterocycles. The van der Waals surface area contributed by atoms with Crippen molar-refractivity contribution in [2.75, 3.05) is 19.7 Å². The van der Waals surface area contributed by atoms with Crippen LogP contribution in [0.3, 0.4) is 0 Å². The molecule has 1 aliphatic rings. The van der Waals surface area contributed by atoms with Crippen LogP contribution in [0.1, 0.15) is 51.2 Å². The molecule has 0 bridgehead atoms. The van der Waals surface area contributed by atoms with E-state index in [1.165, 1.54) is 24.8 Å². The molecule has 0 spiro atoms. The van der Waals surface area contributed by atoms with E-state index in [4.69, 9.17) is 4.74 Å². The Labute approximate surface area is 141 Å². The predicted octanol–water partition coefficient (Wildman–Crippen LogP) is 3.81. The number of hydrogen-bond acceptors (Lipinski definition) is 3. The van der Waals surface area contributed by atoms with Crippen LogP contribution in [-0.2, 0) is 4.74 Å². The zero-order valence-corrected chi connectivity index (χ0v) is 14.6. The molecule has 2 rings (SSSR count). The highest BCUT2D eigenvalue weighted by molar-refractivity contribution is 5.85. The lowest BCUT2D eigenvalue weighted by atomic mass is 10.0. The van der Waals surface area contributed by atoms with Gasteiger partial charge in [-0.25, -0.2) is 0 Å². The summed E-state index contributed by atoms with van der Waals surface area (Å²) in [5.41, 5.74) is 1.19. The number of likely N-dealkylation sites (tertiary alicyclic amines) is 1. The topological polar surface area (TPSA) is 32.7 Å². The molecule has 1 aromatic rings. The van der Waals surface area contributed by atoms with E-state index >= 15 is 0 Å². The Morgan fingerprint density at radius 1 is 1.27 bits per heavy atom. The molecule has 1 N–H and O–H groups in total. The summed E-state index contributed by atoms with van der Waals surface area (Å²) in [5, 5.41) is 10.2. The van der Waals surface area contributed by atoms with Crippen LogP contribution in [-0.4, -0.2) is 41.8 Å². The van der Waals surface area contributed by atoms with Gasteiger partial charge < -0.3 is 9.84 Å². The van der Waals surface area contributed by atoms with Crippen LogP contribution < -0.4 is 0 Å². The first kappa shape index (κ1) is 19.4. The van der Waals surface area contributed by atoms with Crippen molar-refractivity contribution in [1.82, 2.24) is 4.90 Å². The Balaban J connectivity index is 0.00000242. The fourth-order valence-electron chi connectivity index (χ4n) is 3.10. The van der Waals surface area contributed by atoms with Crippen molar-refractivity contribution in [3.8, 4) is 0 Å². The van der Waals surface area contributed by atoms with E-state index in [0.29, 0.717) is 12.6 Å². The van der Waals surface area contributed by atoms with Crippen LogP contribution >= 0.6 is 12.4 Å². The van der Waals surface area contributed by atoms with Gasteiger partial charge in [-0.05, 0) is 38.3 Å². The first-order valence-electron chi connectivity index (χ1n) is 8.29. The van der Waals surface area contributed by atoms with Crippen LogP contribution in [0.25, 0.3) is 0 Å². The fraction of sp³-hybridized carbons (Fsp3) is 0.667. The van der Waals surface area contributed by atoms with Crippen molar-refractivity contribution in [3.05, 3.63) is 35.9 Å². The Bertz CT molecular complexity index is 401. The molecular formula is C18H30ClNO2. The highest BCUT2D eigenvalue weighted by Gasteiger charge is 2.21. The summed E-state index contributed by atoms with van der Waals surface area (Å²) >= 11 is 0. The molecular weight excluding hydrogens is 298 g/mol. The number of nitrogens with zero attached hydrogens (tertiary/aromatic N) is 1. The minimum atomic E-state index is -0.400. The molecule has 0 amide bonds. The number of halogens is 1. The lowest BCUT2D eigenvalue weighted by Gasteiger charge is -2.34. The lowest BCUT2D eigenvalue weighted by molar-refractivity contribution is -0.0303. The number of β-amino-alcohol motifs (C(OH)–C–C–N with tert-alkyl or cyclic N) is 1. The third kappa shape index (κ3) is 5.88.